The number of carbonyl (C=O) groups excluding carboxylic acids is 1. The summed E-state index contributed by atoms with van der Waals surface area (Å²) in [7, 11) is 0. The van der Waals surface area contributed by atoms with Gasteiger partial charge in [0.15, 0.2) is 5.76 Å². The number of nitrogens with zero attached hydrogens (tertiary/aromatic N) is 3. The number of carbonyl (C=O) groups is 1. The molecule has 0 radical (unpaired) electrons. The molecule has 0 saturated carbocycles. The molecule has 1 aliphatic rings. The summed E-state index contributed by atoms with van der Waals surface area (Å²) < 4.78 is 5.36. The fraction of sp³-hybridized carbons (Fsp3) is 0.217. The lowest BCUT2D eigenvalue weighted by molar-refractivity contribution is 0.0650. The third-order valence-electron chi connectivity index (χ3n) is 4.97. The van der Waals surface area contributed by atoms with Crippen molar-refractivity contribution in [3.63, 3.8) is 0 Å². The maximum absolute atomic E-state index is 13.0. The van der Waals surface area contributed by atoms with Crippen LogP contribution in [0.4, 0.5) is 0 Å². The molecule has 0 atom stereocenters. The van der Waals surface area contributed by atoms with E-state index in [0.29, 0.717) is 24.4 Å². The van der Waals surface area contributed by atoms with Crippen molar-refractivity contribution in [3.05, 3.63) is 84.1 Å². The van der Waals surface area contributed by atoms with Crippen molar-refractivity contribution in [1.29, 1.82) is 0 Å². The molecule has 5 heteroatoms. The van der Waals surface area contributed by atoms with E-state index in [9.17, 15) is 4.79 Å². The van der Waals surface area contributed by atoms with Gasteiger partial charge in [0.05, 0.1) is 6.20 Å². The number of amides is 1. The van der Waals surface area contributed by atoms with Crippen molar-refractivity contribution in [2.45, 2.75) is 0 Å². The Bertz CT molecular complexity index is 927. The first-order valence-electron chi connectivity index (χ1n) is 9.54. The predicted molar refractivity (Wildman–Crippen MR) is 110 cm³/mol. The number of rotatable bonds is 5. The molecule has 1 amide bonds. The molecule has 0 spiro atoms. The first-order valence-corrected chi connectivity index (χ1v) is 9.54. The van der Waals surface area contributed by atoms with Crippen LogP contribution < -0.4 is 0 Å². The Labute approximate surface area is 164 Å². The Kier molecular flexibility index (Phi) is 5.64. The molecule has 2 heterocycles. The lowest BCUT2D eigenvalue weighted by atomic mass is 10.1. The molecule has 4 rings (SSSR count). The van der Waals surface area contributed by atoms with E-state index < -0.39 is 0 Å². The van der Waals surface area contributed by atoms with Crippen LogP contribution in [0.1, 0.15) is 15.9 Å². The van der Waals surface area contributed by atoms with Gasteiger partial charge in [-0.1, -0.05) is 78.0 Å². The standard InChI is InChI=1S/C23H23N3O2/c27-23(21-18-24-28-22(21)20-11-5-2-6-12-20)26-16-14-25(15-17-26)13-7-10-19-8-3-1-4-9-19/h1-12,18H,13-17H2/b10-7+. The summed E-state index contributed by atoms with van der Waals surface area (Å²) >= 11 is 0. The number of benzene rings is 2. The van der Waals surface area contributed by atoms with Crippen LogP contribution in [0, 0.1) is 0 Å². The fourth-order valence-electron chi connectivity index (χ4n) is 3.40. The van der Waals surface area contributed by atoms with E-state index in [2.05, 4.69) is 34.3 Å². The van der Waals surface area contributed by atoms with Crippen molar-refractivity contribution in [2.75, 3.05) is 32.7 Å². The van der Waals surface area contributed by atoms with Crippen LogP contribution in [0.15, 0.2) is 77.5 Å². The van der Waals surface area contributed by atoms with Crippen LogP contribution in [-0.2, 0) is 0 Å². The van der Waals surface area contributed by atoms with Gasteiger partial charge in [-0.2, -0.15) is 0 Å². The third-order valence-corrected chi connectivity index (χ3v) is 4.97. The lowest BCUT2D eigenvalue weighted by Gasteiger charge is -2.34. The molecule has 0 bridgehead atoms. The van der Waals surface area contributed by atoms with Gasteiger partial charge in [-0.3, -0.25) is 9.69 Å². The number of aromatic nitrogens is 1. The topological polar surface area (TPSA) is 49.6 Å². The summed E-state index contributed by atoms with van der Waals surface area (Å²) in [6, 6.07) is 19.9. The van der Waals surface area contributed by atoms with Crippen molar-refractivity contribution >= 4 is 12.0 Å². The van der Waals surface area contributed by atoms with Crippen LogP contribution in [-0.4, -0.2) is 53.6 Å². The molecule has 0 aliphatic carbocycles. The van der Waals surface area contributed by atoms with Gasteiger partial charge in [0, 0.05) is 38.3 Å². The van der Waals surface area contributed by atoms with Crippen LogP contribution in [0.3, 0.4) is 0 Å². The van der Waals surface area contributed by atoms with Gasteiger partial charge in [0.1, 0.15) is 5.56 Å². The molecule has 1 aliphatic heterocycles. The molecule has 1 aromatic heterocycles. The lowest BCUT2D eigenvalue weighted by Crippen LogP contribution is -2.48. The van der Waals surface area contributed by atoms with E-state index in [1.807, 2.05) is 53.4 Å². The second kappa shape index (κ2) is 8.67. The SMILES string of the molecule is O=C(c1cnoc1-c1ccccc1)N1CCN(C/C=C/c2ccccc2)CC1. The molecule has 3 aromatic rings. The first kappa shape index (κ1) is 18.2. The summed E-state index contributed by atoms with van der Waals surface area (Å²) in [4.78, 5) is 17.2. The van der Waals surface area contributed by atoms with Crippen LogP contribution in [0.5, 0.6) is 0 Å². The summed E-state index contributed by atoms with van der Waals surface area (Å²) in [6.07, 6.45) is 5.85. The molecule has 1 fully saturated rings. The van der Waals surface area contributed by atoms with Gasteiger partial charge in [-0.25, -0.2) is 0 Å². The molecule has 1 saturated heterocycles. The minimum absolute atomic E-state index is 0.0143. The Morgan fingerprint density at radius 1 is 0.964 bits per heavy atom. The minimum atomic E-state index is -0.0143. The second-order valence-corrected chi connectivity index (χ2v) is 6.84. The maximum Gasteiger partial charge on any atom is 0.259 e. The van der Waals surface area contributed by atoms with Crippen molar-refractivity contribution in [1.82, 2.24) is 15.0 Å². The molecule has 2 aromatic carbocycles. The smallest absolute Gasteiger partial charge is 0.259 e. The van der Waals surface area contributed by atoms with E-state index in [1.165, 1.54) is 11.8 Å². The van der Waals surface area contributed by atoms with Crippen LogP contribution in [0.25, 0.3) is 17.4 Å². The van der Waals surface area contributed by atoms with E-state index >= 15 is 0 Å². The highest BCUT2D eigenvalue weighted by Gasteiger charge is 2.26. The van der Waals surface area contributed by atoms with Crippen LogP contribution >= 0.6 is 0 Å². The molecule has 28 heavy (non-hydrogen) atoms. The zero-order valence-corrected chi connectivity index (χ0v) is 15.7. The van der Waals surface area contributed by atoms with Gasteiger partial charge < -0.3 is 9.42 Å². The molecule has 0 unspecified atom stereocenters. The van der Waals surface area contributed by atoms with E-state index in [1.54, 1.807) is 0 Å². The summed E-state index contributed by atoms with van der Waals surface area (Å²) in [5.41, 5.74) is 2.61. The van der Waals surface area contributed by atoms with Crippen molar-refractivity contribution in [3.8, 4) is 11.3 Å². The van der Waals surface area contributed by atoms with Crippen LogP contribution in [0.2, 0.25) is 0 Å². The highest BCUT2D eigenvalue weighted by molar-refractivity contribution is 5.99. The maximum atomic E-state index is 13.0. The monoisotopic (exact) mass is 373 g/mol. The second-order valence-electron chi connectivity index (χ2n) is 6.84. The molecular weight excluding hydrogens is 350 g/mol. The van der Waals surface area contributed by atoms with E-state index in [0.717, 1.165) is 25.2 Å². The Morgan fingerprint density at radius 3 is 2.36 bits per heavy atom. The average molecular weight is 373 g/mol. The zero-order valence-electron chi connectivity index (χ0n) is 15.7. The summed E-state index contributed by atoms with van der Waals surface area (Å²) in [6.45, 7) is 4.02. The van der Waals surface area contributed by atoms with Gasteiger partial charge in [-0.15, -0.1) is 0 Å². The van der Waals surface area contributed by atoms with Gasteiger partial charge in [0.25, 0.3) is 5.91 Å². The number of hydrogen-bond donors (Lipinski definition) is 0. The van der Waals surface area contributed by atoms with Gasteiger partial charge in [0.2, 0.25) is 0 Å². The molecule has 5 nitrogen and oxygen atoms in total. The summed E-state index contributed by atoms with van der Waals surface area (Å²) in [5.74, 6) is 0.526. The highest BCUT2D eigenvalue weighted by Crippen LogP contribution is 2.24. The predicted octanol–water partition coefficient (Wildman–Crippen LogP) is 3.81. The van der Waals surface area contributed by atoms with E-state index in [4.69, 9.17) is 4.52 Å². The first-order chi connectivity index (χ1) is 13.8. The van der Waals surface area contributed by atoms with Crippen molar-refractivity contribution in [2.24, 2.45) is 0 Å². The summed E-state index contributed by atoms with van der Waals surface area (Å²) in [5, 5.41) is 3.86. The average Bonchev–Trinajstić information content (AvgIpc) is 3.25. The third kappa shape index (κ3) is 4.21. The van der Waals surface area contributed by atoms with Gasteiger partial charge in [-0.05, 0) is 5.56 Å². The van der Waals surface area contributed by atoms with Gasteiger partial charge >= 0.3 is 0 Å². The Balaban J connectivity index is 1.34. The highest BCUT2D eigenvalue weighted by atomic mass is 16.5. The van der Waals surface area contributed by atoms with E-state index in [-0.39, 0.29) is 5.91 Å². The number of piperazine rings is 1. The minimum Gasteiger partial charge on any atom is -0.355 e. The van der Waals surface area contributed by atoms with Crippen molar-refractivity contribution < 1.29 is 9.32 Å². The molecule has 0 N–H and O–H groups in total. The Hall–Kier alpha value is -3.18. The Morgan fingerprint density at radius 2 is 1.64 bits per heavy atom. The molecular formula is C23H23N3O2. The normalized spacial score (nSPS) is 15.2. The zero-order chi connectivity index (χ0) is 19.2. The number of hydrogen-bond acceptors (Lipinski definition) is 4. The largest absolute Gasteiger partial charge is 0.355 e. The molecule has 142 valence electrons. The quantitative estimate of drug-likeness (QED) is 0.682. The fourth-order valence-corrected chi connectivity index (χ4v) is 3.40.